The summed E-state index contributed by atoms with van der Waals surface area (Å²) in [5.74, 6) is 0.174. The minimum Gasteiger partial charge on any atom is -0.390 e. The van der Waals surface area contributed by atoms with Crippen LogP contribution in [0.5, 0.6) is 0 Å². The van der Waals surface area contributed by atoms with Gasteiger partial charge in [-0.2, -0.15) is 0 Å². The summed E-state index contributed by atoms with van der Waals surface area (Å²) in [6, 6.07) is 17.8. The van der Waals surface area contributed by atoms with Gasteiger partial charge >= 0.3 is 0 Å². The number of piperidine rings is 1. The van der Waals surface area contributed by atoms with Gasteiger partial charge in [0.25, 0.3) is 0 Å². The highest BCUT2D eigenvalue weighted by molar-refractivity contribution is 5.96. The van der Waals surface area contributed by atoms with Crippen LogP contribution in [0.25, 0.3) is 10.9 Å². The zero-order chi connectivity index (χ0) is 20.1. The predicted octanol–water partition coefficient (Wildman–Crippen LogP) is 4.30. The van der Waals surface area contributed by atoms with E-state index < -0.39 is 0 Å². The van der Waals surface area contributed by atoms with Crippen molar-refractivity contribution in [3.05, 3.63) is 71.9 Å². The molecule has 4 rings (SSSR count). The first kappa shape index (κ1) is 19.9. The molecule has 1 fully saturated rings. The van der Waals surface area contributed by atoms with E-state index in [2.05, 4.69) is 27.8 Å². The largest absolute Gasteiger partial charge is 0.390 e. The van der Waals surface area contributed by atoms with Crippen molar-refractivity contribution in [3.8, 4) is 0 Å². The second-order valence-corrected chi connectivity index (χ2v) is 8.13. The SMILES string of the molecule is O=C(CCc1cn(CC(O)CN2CCCCC2)c2ccccc12)c1ccccc1. The molecule has 152 valence electrons. The number of β-amino-alcohol motifs (C(OH)–C–C–N with tert-alkyl or cyclic N) is 1. The molecule has 1 unspecified atom stereocenters. The molecule has 4 nitrogen and oxygen atoms in total. The number of hydrogen-bond donors (Lipinski definition) is 1. The number of aliphatic hydroxyl groups is 1. The molecule has 1 N–H and O–H groups in total. The number of hydrogen-bond acceptors (Lipinski definition) is 3. The van der Waals surface area contributed by atoms with E-state index in [0.717, 1.165) is 30.7 Å². The highest BCUT2D eigenvalue weighted by Crippen LogP contribution is 2.24. The maximum absolute atomic E-state index is 12.5. The topological polar surface area (TPSA) is 45.5 Å². The van der Waals surface area contributed by atoms with E-state index in [4.69, 9.17) is 0 Å². The molecule has 2 aromatic carbocycles. The number of rotatable bonds is 8. The van der Waals surface area contributed by atoms with Gasteiger partial charge in [-0.25, -0.2) is 0 Å². The second-order valence-electron chi connectivity index (χ2n) is 8.13. The Hall–Kier alpha value is -2.43. The molecular weight excluding hydrogens is 360 g/mol. The first-order valence-corrected chi connectivity index (χ1v) is 10.8. The van der Waals surface area contributed by atoms with E-state index in [0.29, 0.717) is 19.4 Å². The van der Waals surface area contributed by atoms with E-state index in [1.165, 1.54) is 30.2 Å². The Balaban J connectivity index is 1.45. The fourth-order valence-electron chi connectivity index (χ4n) is 4.41. The van der Waals surface area contributed by atoms with E-state index in [9.17, 15) is 9.90 Å². The number of benzene rings is 2. The summed E-state index contributed by atoms with van der Waals surface area (Å²) in [6.45, 7) is 3.50. The summed E-state index contributed by atoms with van der Waals surface area (Å²) >= 11 is 0. The zero-order valence-corrected chi connectivity index (χ0v) is 17.0. The quantitative estimate of drug-likeness (QED) is 0.583. The van der Waals surface area contributed by atoms with Crippen LogP contribution in [-0.4, -0.2) is 46.1 Å². The number of carbonyl (C=O) groups is 1. The van der Waals surface area contributed by atoms with Crippen molar-refractivity contribution >= 4 is 16.7 Å². The molecule has 2 heterocycles. The van der Waals surface area contributed by atoms with Crippen LogP contribution in [0.4, 0.5) is 0 Å². The average molecular weight is 391 g/mol. The third kappa shape index (κ3) is 4.95. The summed E-state index contributed by atoms with van der Waals surface area (Å²) in [7, 11) is 0. The van der Waals surface area contributed by atoms with Gasteiger partial charge in [-0.15, -0.1) is 0 Å². The number of nitrogens with zero attached hydrogens (tertiary/aromatic N) is 2. The first-order valence-electron chi connectivity index (χ1n) is 10.8. The van der Waals surface area contributed by atoms with Gasteiger partial charge in [-0.3, -0.25) is 4.79 Å². The maximum atomic E-state index is 12.5. The molecule has 1 saturated heterocycles. The van der Waals surface area contributed by atoms with Crippen LogP contribution in [0, 0.1) is 0 Å². The van der Waals surface area contributed by atoms with Crippen LogP contribution in [0.15, 0.2) is 60.8 Å². The van der Waals surface area contributed by atoms with Crippen LogP contribution >= 0.6 is 0 Å². The van der Waals surface area contributed by atoms with Crippen LogP contribution in [0.3, 0.4) is 0 Å². The van der Waals surface area contributed by atoms with Gasteiger partial charge in [0, 0.05) is 42.2 Å². The minimum absolute atomic E-state index is 0.174. The first-order chi connectivity index (χ1) is 14.2. The van der Waals surface area contributed by atoms with E-state index in [-0.39, 0.29) is 11.9 Å². The van der Waals surface area contributed by atoms with Gasteiger partial charge in [-0.1, -0.05) is 55.0 Å². The summed E-state index contributed by atoms with van der Waals surface area (Å²) < 4.78 is 2.16. The Morgan fingerprint density at radius 3 is 2.45 bits per heavy atom. The molecule has 0 radical (unpaired) electrons. The lowest BCUT2D eigenvalue weighted by Crippen LogP contribution is -2.37. The van der Waals surface area contributed by atoms with Gasteiger partial charge in [0.1, 0.15) is 0 Å². The highest BCUT2D eigenvalue weighted by Gasteiger charge is 2.17. The lowest BCUT2D eigenvalue weighted by Gasteiger charge is -2.28. The Labute approximate surface area is 172 Å². The molecule has 1 aromatic heterocycles. The monoisotopic (exact) mass is 390 g/mol. The normalized spacial score (nSPS) is 16.2. The van der Waals surface area contributed by atoms with Gasteiger partial charge in [0.2, 0.25) is 0 Å². The van der Waals surface area contributed by atoms with E-state index >= 15 is 0 Å². The van der Waals surface area contributed by atoms with Crippen molar-refractivity contribution in [2.24, 2.45) is 0 Å². The molecule has 3 aromatic rings. The summed E-state index contributed by atoms with van der Waals surface area (Å²) in [6.07, 6.45) is 6.72. The molecule has 0 aliphatic carbocycles. The zero-order valence-electron chi connectivity index (χ0n) is 17.0. The Kier molecular flexibility index (Phi) is 6.43. The fourth-order valence-corrected chi connectivity index (χ4v) is 4.41. The molecule has 1 atom stereocenters. The van der Waals surface area contributed by atoms with Crippen LogP contribution in [-0.2, 0) is 13.0 Å². The molecule has 4 heteroatoms. The smallest absolute Gasteiger partial charge is 0.163 e. The highest BCUT2D eigenvalue weighted by atomic mass is 16.3. The standard InChI is InChI=1S/C25H30N2O2/c28-22(18-26-15-7-2-8-16-26)19-27-17-21(23-11-5-6-12-24(23)27)13-14-25(29)20-9-3-1-4-10-20/h1,3-6,9-12,17,22,28H,2,7-8,13-16,18-19H2. The number of aromatic nitrogens is 1. The summed E-state index contributed by atoms with van der Waals surface area (Å²) in [4.78, 5) is 14.9. The fraction of sp³-hybridized carbons (Fsp3) is 0.400. The number of para-hydroxylation sites is 1. The number of aryl methyl sites for hydroxylation is 1. The third-order valence-electron chi connectivity index (χ3n) is 5.91. The number of Topliss-reactive ketones (excluding diaryl/α,β-unsaturated/α-hetero) is 1. The lowest BCUT2D eigenvalue weighted by atomic mass is 10.0. The summed E-state index contributed by atoms with van der Waals surface area (Å²) in [5.41, 5.74) is 3.08. The van der Waals surface area contributed by atoms with Gasteiger partial charge < -0.3 is 14.6 Å². The average Bonchev–Trinajstić information content (AvgIpc) is 3.11. The Morgan fingerprint density at radius 1 is 0.931 bits per heavy atom. The molecular formula is C25H30N2O2. The molecule has 29 heavy (non-hydrogen) atoms. The minimum atomic E-state index is -0.386. The Bertz CT molecular complexity index is 942. The molecule has 1 aliphatic rings. The number of ketones is 1. The second kappa shape index (κ2) is 9.38. The maximum Gasteiger partial charge on any atom is 0.163 e. The van der Waals surface area contributed by atoms with E-state index in [1.807, 2.05) is 42.5 Å². The molecule has 1 aliphatic heterocycles. The van der Waals surface area contributed by atoms with E-state index in [1.54, 1.807) is 0 Å². The number of aliphatic hydroxyl groups excluding tert-OH is 1. The van der Waals surface area contributed by atoms with Crippen molar-refractivity contribution in [3.63, 3.8) is 0 Å². The van der Waals surface area contributed by atoms with Gasteiger partial charge in [0.15, 0.2) is 5.78 Å². The molecule has 0 amide bonds. The van der Waals surface area contributed by atoms with Crippen LogP contribution in [0.2, 0.25) is 0 Å². The summed E-state index contributed by atoms with van der Waals surface area (Å²) in [5, 5.41) is 11.9. The molecule has 0 spiro atoms. The van der Waals surface area contributed by atoms with Gasteiger partial charge in [0.05, 0.1) is 6.10 Å². The van der Waals surface area contributed by atoms with Crippen molar-refractivity contribution in [1.29, 1.82) is 0 Å². The predicted molar refractivity (Wildman–Crippen MR) is 117 cm³/mol. The van der Waals surface area contributed by atoms with Crippen molar-refractivity contribution < 1.29 is 9.90 Å². The third-order valence-corrected chi connectivity index (χ3v) is 5.91. The van der Waals surface area contributed by atoms with Gasteiger partial charge in [-0.05, 0) is 44.0 Å². The number of likely N-dealkylation sites (tertiary alicyclic amines) is 1. The van der Waals surface area contributed by atoms with Crippen LogP contribution < -0.4 is 0 Å². The van der Waals surface area contributed by atoms with Crippen molar-refractivity contribution in [2.45, 2.75) is 44.8 Å². The number of fused-ring (bicyclic) bond motifs is 1. The molecule has 0 saturated carbocycles. The number of carbonyl (C=O) groups excluding carboxylic acids is 1. The molecule has 0 bridgehead atoms. The Morgan fingerprint density at radius 2 is 1.66 bits per heavy atom. The lowest BCUT2D eigenvalue weighted by molar-refractivity contribution is 0.0892. The van der Waals surface area contributed by atoms with Crippen molar-refractivity contribution in [1.82, 2.24) is 9.47 Å². The van der Waals surface area contributed by atoms with Crippen LogP contribution in [0.1, 0.15) is 41.6 Å². The van der Waals surface area contributed by atoms with Crippen molar-refractivity contribution in [2.75, 3.05) is 19.6 Å².